The summed E-state index contributed by atoms with van der Waals surface area (Å²) in [5.41, 5.74) is 0.887. The number of esters is 2. The Balaban J connectivity index is 1.53. The average molecular weight is 593 g/mol. The van der Waals surface area contributed by atoms with E-state index in [4.69, 9.17) is 9.47 Å². The normalized spacial score (nSPS) is 11.7. The smallest absolute Gasteiger partial charge is 0.341 e. The summed E-state index contributed by atoms with van der Waals surface area (Å²) < 4.78 is 15.2. The average Bonchev–Trinajstić information content (AvgIpc) is 3.64. The minimum Gasteiger partial charge on any atom is -0.505 e. The second-order valence-corrected chi connectivity index (χ2v) is 13.5. The predicted molar refractivity (Wildman–Crippen MR) is 152 cm³/mol. The van der Waals surface area contributed by atoms with Crippen LogP contribution < -0.4 is 0 Å². The Morgan fingerprint density at radius 2 is 1.08 bits per heavy atom. The van der Waals surface area contributed by atoms with Crippen LogP contribution in [-0.2, 0) is 9.47 Å². The van der Waals surface area contributed by atoms with Crippen molar-refractivity contribution in [3.05, 3.63) is 34.0 Å². The summed E-state index contributed by atoms with van der Waals surface area (Å²) in [5, 5.41) is 26.4. The Morgan fingerprint density at radius 3 is 1.47 bits per heavy atom. The Kier molecular flexibility index (Phi) is 6.05. The maximum Gasteiger partial charge on any atom is 0.341 e. The molecular weight excluding hydrogens is 577 g/mol. The van der Waals surface area contributed by atoms with Gasteiger partial charge in [0.25, 0.3) is 0 Å². The highest BCUT2D eigenvalue weighted by molar-refractivity contribution is 7.37. The van der Waals surface area contributed by atoms with E-state index in [9.17, 15) is 19.8 Å². The van der Waals surface area contributed by atoms with Gasteiger partial charge in [0.05, 0.1) is 62.6 Å². The third-order valence-electron chi connectivity index (χ3n) is 5.44. The highest BCUT2D eigenvalue weighted by atomic mass is 32.1. The molecule has 36 heavy (non-hydrogen) atoms. The molecule has 6 aromatic rings. The fourth-order valence-corrected chi connectivity index (χ4v) is 11.4. The number of carbonyl (C=O) groups excluding carboxylic acids is 2. The van der Waals surface area contributed by atoms with Crippen molar-refractivity contribution in [2.75, 3.05) is 13.2 Å². The predicted octanol–water partition coefficient (Wildman–Crippen LogP) is 8.61. The van der Waals surface area contributed by atoms with Crippen LogP contribution in [0.1, 0.15) is 34.6 Å². The summed E-state index contributed by atoms with van der Waals surface area (Å²) in [6, 6.07) is 3.89. The third kappa shape index (κ3) is 3.51. The van der Waals surface area contributed by atoms with Gasteiger partial charge in [-0.1, -0.05) is 0 Å². The van der Waals surface area contributed by atoms with E-state index in [1.54, 1.807) is 13.8 Å². The number of carbonyl (C=O) groups is 2. The molecule has 0 aliphatic rings. The van der Waals surface area contributed by atoms with Crippen LogP contribution in [0.2, 0.25) is 0 Å². The number of hydrogen-bond donors (Lipinski definition) is 2. The van der Waals surface area contributed by atoms with E-state index in [0.29, 0.717) is 40.0 Å². The molecule has 6 heterocycles. The van der Waals surface area contributed by atoms with Crippen molar-refractivity contribution >= 4 is 108 Å². The number of aromatic hydroxyl groups is 2. The second-order valence-electron chi connectivity index (χ2n) is 7.50. The molecule has 0 aromatic carbocycles. The molecule has 0 aliphatic heterocycles. The standard InChI is InChI=1S/C24H16O6S6/c1-3-29-23(27)11-15-9(5-7-31-15)33-17(11)19-13(25)21-22(35-19)14(26)20(36-21)18-12(24(28)30-4-2)16-10(34-18)6-8-32-16/h5-8,25-26H,3-4H2,1-2H3. The Labute approximate surface area is 228 Å². The van der Waals surface area contributed by atoms with Crippen molar-refractivity contribution in [2.45, 2.75) is 13.8 Å². The van der Waals surface area contributed by atoms with E-state index in [1.165, 1.54) is 68.0 Å². The van der Waals surface area contributed by atoms with Gasteiger partial charge in [-0.25, -0.2) is 9.59 Å². The molecule has 0 saturated carbocycles. The zero-order valence-corrected chi connectivity index (χ0v) is 23.6. The maximum absolute atomic E-state index is 12.8. The highest BCUT2D eigenvalue weighted by Gasteiger charge is 2.31. The first-order valence-corrected chi connectivity index (χ1v) is 15.8. The van der Waals surface area contributed by atoms with Crippen LogP contribution in [0, 0.1) is 0 Å². The fraction of sp³-hybridized carbons (Fsp3) is 0.167. The topological polar surface area (TPSA) is 93.1 Å². The molecule has 2 N–H and O–H groups in total. The number of thiophene rings is 6. The van der Waals surface area contributed by atoms with Crippen LogP contribution in [-0.4, -0.2) is 35.4 Å². The first-order valence-electron chi connectivity index (χ1n) is 10.8. The molecule has 6 rings (SSSR count). The Bertz CT molecular complexity index is 1660. The van der Waals surface area contributed by atoms with Crippen LogP contribution in [0.5, 0.6) is 11.5 Å². The van der Waals surface area contributed by atoms with E-state index in [0.717, 1.165) is 18.8 Å². The van der Waals surface area contributed by atoms with Crippen molar-refractivity contribution < 1.29 is 29.3 Å². The fourth-order valence-electron chi connectivity index (χ4n) is 3.96. The molecule has 0 fully saturated rings. The quantitative estimate of drug-likeness (QED) is 0.188. The van der Waals surface area contributed by atoms with Crippen LogP contribution in [0.4, 0.5) is 0 Å². The van der Waals surface area contributed by atoms with E-state index in [2.05, 4.69) is 0 Å². The molecule has 6 aromatic heterocycles. The maximum atomic E-state index is 12.8. The summed E-state index contributed by atoms with van der Waals surface area (Å²) in [5.74, 6) is -0.839. The summed E-state index contributed by atoms with van der Waals surface area (Å²) in [4.78, 5) is 27.9. The lowest BCUT2D eigenvalue weighted by molar-refractivity contribution is 0.0520. The largest absolute Gasteiger partial charge is 0.505 e. The van der Waals surface area contributed by atoms with Gasteiger partial charge in [0.15, 0.2) is 11.5 Å². The van der Waals surface area contributed by atoms with Crippen LogP contribution in [0.3, 0.4) is 0 Å². The molecule has 0 unspecified atom stereocenters. The molecule has 0 aliphatic carbocycles. The summed E-state index contributed by atoms with van der Waals surface area (Å²) >= 11 is 8.21. The van der Waals surface area contributed by atoms with Crippen LogP contribution >= 0.6 is 68.0 Å². The number of ether oxygens (including phenoxy) is 2. The van der Waals surface area contributed by atoms with Gasteiger partial charge in [-0.3, -0.25) is 0 Å². The molecule has 184 valence electrons. The lowest BCUT2D eigenvalue weighted by atomic mass is 10.2. The van der Waals surface area contributed by atoms with Gasteiger partial charge >= 0.3 is 11.9 Å². The Hall–Kier alpha value is -2.48. The summed E-state index contributed by atoms with van der Waals surface area (Å²) in [7, 11) is 0. The van der Waals surface area contributed by atoms with E-state index < -0.39 is 11.9 Å². The molecule has 0 amide bonds. The van der Waals surface area contributed by atoms with E-state index >= 15 is 0 Å². The van der Waals surface area contributed by atoms with Gasteiger partial charge in [0.1, 0.15) is 0 Å². The molecular formula is C24H16O6S6. The van der Waals surface area contributed by atoms with Crippen molar-refractivity contribution in [1.82, 2.24) is 0 Å². The second kappa shape index (κ2) is 9.12. The lowest BCUT2D eigenvalue weighted by Crippen LogP contribution is -2.04. The van der Waals surface area contributed by atoms with Gasteiger partial charge in [0, 0.05) is 9.40 Å². The van der Waals surface area contributed by atoms with Crippen molar-refractivity contribution in [3.8, 4) is 31.0 Å². The van der Waals surface area contributed by atoms with E-state index in [1.807, 2.05) is 22.9 Å². The van der Waals surface area contributed by atoms with Gasteiger partial charge < -0.3 is 19.7 Å². The zero-order chi connectivity index (χ0) is 25.1. The van der Waals surface area contributed by atoms with Gasteiger partial charge in [-0.15, -0.1) is 68.0 Å². The first-order chi connectivity index (χ1) is 17.4. The molecule has 6 nitrogen and oxygen atoms in total. The van der Waals surface area contributed by atoms with Crippen LogP contribution in [0.15, 0.2) is 22.9 Å². The van der Waals surface area contributed by atoms with E-state index in [-0.39, 0.29) is 24.7 Å². The zero-order valence-electron chi connectivity index (χ0n) is 18.7. The number of hydrogen-bond acceptors (Lipinski definition) is 12. The highest BCUT2D eigenvalue weighted by Crippen LogP contribution is 2.59. The summed E-state index contributed by atoms with van der Waals surface area (Å²) in [6.07, 6.45) is 0. The van der Waals surface area contributed by atoms with Crippen molar-refractivity contribution in [3.63, 3.8) is 0 Å². The van der Waals surface area contributed by atoms with Gasteiger partial charge in [-0.05, 0) is 36.7 Å². The minimum absolute atomic E-state index is 0.0112. The molecule has 0 spiro atoms. The molecule has 0 saturated heterocycles. The third-order valence-corrected chi connectivity index (χ3v) is 12.7. The number of rotatable bonds is 6. The van der Waals surface area contributed by atoms with Gasteiger partial charge in [0.2, 0.25) is 0 Å². The molecule has 12 heteroatoms. The summed E-state index contributed by atoms with van der Waals surface area (Å²) in [6.45, 7) is 4.01. The Morgan fingerprint density at radius 1 is 0.667 bits per heavy atom. The van der Waals surface area contributed by atoms with Crippen molar-refractivity contribution in [1.29, 1.82) is 0 Å². The first kappa shape index (κ1) is 23.9. The lowest BCUT2D eigenvalue weighted by Gasteiger charge is -2.04. The molecule has 0 bridgehead atoms. The van der Waals surface area contributed by atoms with Gasteiger partial charge in [-0.2, -0.15) is 0 Å². The van der Waals surface area contributed by atoms with Crippen molar-refractivity contribution in [2.24, 2.45) is 0 Å². The SMILES string of the molecule is CCOC(=O)c1c(-c2sc3c(O)c(-c4sc5ccsc5c4C(=O)OCC)sc3c2O)sc2ccsc12. The molecule has 0 radical (unpaired) electrons. The monoisotopic (exact) mass is 592 g/mol. The molecule has 0 atom stereocenters. The van der Waals surface area contributed by atoms with Crippen LogP contribution in [0.25, 0.3) is 47.7 Å². The number of fused-ring (bicyclic) bond motifs is 3. The minimum atomic E-state index is -0.431.